The Hall–Kier alpha value is -4.54. The summed E-state index contributed by atoms with van der Waals surface area (Å²) in [4.78, 5) is 3.61. The molecule has 0 aromatic heterocycles. The maximum Gasteiger partial charge on any atom is 0.520 e. The molecule has 53 heavy (non-hydrogen) atoms. The third-order valence-corrected chi connectivity index (χ3v) is 15.6. The van der Waals surface area contributed by atoms with Crippen molar-refractivity contribution in [1.82, 2.24) is 0 Å². The van der Waals surface area contributed by atoms with E-state index < -0.39 is 52.9 Å². The molecule has 0 atom stereocenters. The van der Waals surface area contributed by atoms with E-state index in [9.17, 15) is 29.8 Å². The zero-order valence-corrected chi connectivity index (χ0v) is 32.8. The number of rotatable bonds is 12. The molecule has 6 rings (SSSR count). The van der Waals surface area contributed by atoms with E-state index in [4.69, 9.17) is 11.9 Å². The molecule has 0 amide bonds. The third-order valence-electron chi connectivity index (χ3n) is 8.40. The molecule has 17 heteroatoms. The van der Waals surface area contributed by atoms with Crippen LogP contribution in [0.4, 0.5) is 17.1 Å². The monoisotopic (exact) mass is 797 g/mol. The molecule has 0 radical (unpaired) electrons. The van der Waals surface area contributed by atoms with Crippen molar-refractivity contribution in [1.29, 1.82) is 0 Å². The lowest BCUT2D eigenvalue weighted by Crippen LogP contribution is -2.16. The van der Waals surface area contributed by atoms with Gasteiger partial charge in [0.15, 0.2) is 0 Å². The molecule has 0 heterocycles. The average molecular weight is 798 g/mol. The molecule has 0 N–H and O–H groups in total. The molecule has 0 bridgehead atoms. The number of anilines is 3. The normalized spacial score (nSPS) is 12.7. The summed E-state index contributed by atoms with van der Waals surface area (Å²) < 4.78 is 114. The predicted molar refractivity (Wildman–Crippen MR) is 207 cm³/mol. The maximum absolute atomic E-state index is 14.7. The van der Waals surface area contributed by atoms with Gasteiger partial charge in [0.05, 0.1) is 0 Å². The number of fused-ring (bicyclic) bond motifs is 3. The van der Waals surface area contributed by atoms with E-state index in [-0.39, 0.29) is 16.2 Å². The van der Waals surface area contributed by atoms with Crippen molar-refractivity contribution in [3.8, 4) is 0 Å². The summed E-state index contributed by atoms with van der Waals surface area (Å²) in [6.45, 7) is 0. The number of nitrogens with zero attached hydrogens (tertiary/aromatic N) is 3. The second-order valence-corrected chi connectivity index (χ2v) is 19.3. The molecule has 6 aromatic rings. The summed E-state index contributed by atoms with van der Waals surface area (Å²) in [5.41, 5.74) is 1.88. The van der Waals surface area contributed by atoms with Crippen molar-refractivity contribution in [3.63, 3.8) is 0 Å². The Balaban J connectivity index is 1.52. The fourth-order valence-electron chi connectivity index (χ4n) is 6.14. The quantitative estimate of drug-likeness (QED) is 0.117. The Morgan fingerprint density at radius 1 is 0.377 bits per heavy atom. The largest absolute Gasteiger partial charge is 0.520 e. The molecule has 0 saturated carbocycles. The highest BCUT2D eigenvalue weighted by Gasteiger charge is 2.46. The van der Waals surface area contributed by atoms with E-state index in [2.05, 4.69) is 0 Å². The first-order valence-corrected chi connectivity index (χ1v) is 21.6. The van der Waals surface area contributed by atoms with Crippen LogP contribution in [0.2, 0.25) is 0 Å². The van der Waals surface area contributed by atoms with Crippen LogP contribution in [0.15, 0.2) is 124 Å². The Kier molecular flexibility index (Phi) is 10.1. The van der Waals surface area contributed by atoms with Gasteiger partial charge < -0.3 is 14.7 Å². The van der Waals surface area contributed by atoms with Crippen LogP contribution in [-0.4, -0.2) is 67.5 Å². The molecular formula is C36H36N3O10PS3. The van der Waals surface area contributed by atoms with Gasteiger partial charge in [-0.25, -0.2) is 4.57 Å². The van der Waals surface area contributed by atoms with E-state index in [1.54, 1.807) is 112 Å². The Morgan fingerprint density at radius 2 is 0.604 bits per heavy atom. The molecule has 0 saturated heterocycles. The molecular weight excluding hydrogens is 762 g/mol. The Labute approximate surface area is 308 Å². The van der Waals surface area contributed by atoms with Gasteiger partial charge in [0.2, 0.25) is 0 Å². The van der Waals surface area contributed by atoms with Crippen molar-refractivity contribution in [2.45, 2.75) is 14.7 Å². The Bertz CT molecular complexity index is 2490. The van der Waals surface area contributed by atoms with Crippen molar-refractivity contribution in [3.05, 3.63) is 109 Å². The minimum Gasteiger partial charge on any atom is -0.377 e. The minimum absolute atomic E-state index is 0.117. The SMILES string of the molecule is CN(C)c1cccc2c(S(=O)(=O)OP(=O)(OS(=O)(=O)c3cccc4c(N(C)C)cccc34)OS(=O)(=O)c3cccc4c(N(C)C)cccc34)cccc12. The van der Waals surface area contributed by atoms with Crippen molar-refractivity contribution >= 4 is 87.6 Å². The van der Waals surface area contributed by atoms with Gasteiger partial charge in [-0.1, -0.05) is 72.8 Å². The molecule has 0 fully saturated rings. The summed E-state index contributed by atoms with van der Waals surface area (Å²) in [5.74, 6) is 0. The molecule has 0 aliphatic heterocycles. The van der Waals surface area contributed by atoms with Crippen LogP contribution in [0.25, 0.3) is 32.3 Å². The standard InChI is InChI=1S/C36H36N3O10PS3/c1-37(2)31-19-7-16-28-25(31)13-10-22-34(28)51(41,42)47-50(40,48-52(43,44)35-23-11-14-26-29(35)17-8-20-32(26)38(3)4)49-53(45,46)36-24-12-15-27-30(36)18-9-21-33(27)39(5)6/h7-24H,1-6H3. The van der Waals surface area contributed by atoms with E-state index in [0.717, 1.165) is 18.2 Å². The van der Waals surface area contributed by atoms with E-state index in [1.807, 2.05) is 0 Å². The second kappa shape index (κ2) is 14.0. The lowest BCUT2D eigenvalue weighted by Gasteiger charge is -2.20. The van der Waals surface area contributed by atoms with Crippen LogP contribution < -0.4 is 14.7 Å². The first-order valence-electron chi connectivity index (χ1n) is 15.9. The summed E-state index contributed by atoms with van der Waals surface area (Å²) in [5, 5.41) is 1.72. The number of hydrogen-bond donors (Lipinski definition) is 0. The zero-order valence-electron chi connectivity index (χ0n) is 29.5. The summed E-state index contributed by atoms with van der Waals surface area (Å²) in [6, 6.07) is 27.0. The van der Waals surface area contributed by atoms with Crippen LogP contribution in [0.1, 0.15) is 0 Å². The van der Waals surface area contributed by atoms with Crippen LogP contribution >= 0.6 is 7.82 Å². The highest BCUT2D eigenvalue weighted by atomic mass is 32.3. The van der Waals surface area contributed by atoms with Gasteiger partial charge >= 0.3 is 38.2 Å². The molecule has 0 aliphatic carbocycles. The highest BCUT2D eigenvalue weighted by Crippen LogP contribution is 2.57. The maximum atomic E-state index is 14.7. The summed E-state index contributed by atoms with van der Waals surface area (Å²) in [7, 11) is -11.6. The van der Waals surface area contributed by atoms with Gasteiger partial charge in [0.25, 0.3) is 0 Å². The predicted octanol–water partition coefficient (Wildman–Crippen LogP) is 6.97. The van der Waals surface area contributed by atoms with E-state index in [0.29, 0.717) is 33.2 Å². The molecule has 0 spiro atoms. The zero-order chi connectivity index (χ0) is 38.5. The topological polar surface area (TPSA) is 157 Å². The number of hydrogen-bond acceptors (Lipinski definition) is 13. The van der Waals surface area contributed by atoms with Gasteiger partial charge in [-0.15, -0.1) is 0 Å². The lowest BCUT2D eigenvalue weighted by atomic mass is 10.1. The lowest BCUT2D eigenvalue weighted by molar-refractivity contribution is 0.304. The van der Waals surface area contributed by atoms with Crippen molar-refractivity contribution in [2.75, 3.05) is 57.0 Å². The fourth-order valence-corrected chi connectivity index (χ4v) is 13.0. The second-order valence-electron chi connectivity index (χ2n) is 12.6. The molecule has 0 unspecified atom stereocenters. The summed E-state index contributed by atoms with van der Waals surface area (Å²) in [6.07, 6.45) is 0. The van der Waals surface area contributed by atoms with Gasteiger partial charge in [0.1, 0.15) is 14.7 Å². The van der Waals surface area contributed by atoms with Gasteiger partial charge in [-0.05, 0) is 36.4 Å². The highest BCUT2D eigenvalue weighted by molar-refractivity contribution is 7.98. The third kappa shape index (κ3) is 7.36. The molecule has 278 valence electrons. The van der Waals surface area contributed by atoms with Gasteiger partial charge in [-0.3, -0.25) is 0 Å². The van der Waals surface area contributed by atoms with E-state index in [1.165, 1.54) is 36.4 Å². The van der Waals surface area contributed by atoms with Gasteiger partial charge in [-0.2, -0.15) is 37.2 Å². The van der Waals surface area contributed by atoms with Crippen LogP contribution in [0, 0.1) is 0 Å². The smallest absolute Gasteiger partial charge is 0.377 e. The van der Waals surface area contributed by atoms with Crippen molar-refractivity contribution in [2.24, 2.45) is 0 Å². The number of benzene rings is 6. The van der Waals surface area contributed by atoms with Crippen molar-refractivity contribution < 1.29 is 41.7 Å². The molecule has 6 aromatic carbocycles. The number of phosphoric acid groups is 1. The first-order chi connectivity index (χ1) is 24.9. The molecule has 13 nitrogen and oxygen atoms in total. The summed E-state index contributed by atoms with van der Waals surface area (Å²) >= 11 is 0. The van der Waals surface area contributed by atoms with Gasteiger partial charge in [0, 0.05) is 91.7 Å². The fraction of sp³-hybridized carbons (Fsp3) is 0.167. The Morgan fingerprint density at radius 3 is 0.849 bits per heavy atom. The van der Waals surface area contributed by atoms with Crippen LogP contribution in [0.3, 0.4) is 0 Å². The molecule has 0 aliphatic rings. The first kappa shape index (κ1) is 38.2. The average Bonchev–Trinajstić information content (AvgIpc) is 3.08. The minimum atomic E-state index is -6.20. The van der Waals surface area contributed by atoms with E-state index >= 15 is 0 Å². The van der Waals surface area contributed by atoms with Crippen LogP contribution in [-0.2, 0) is 46.8 Å². The van der Waals surface area contributed by atoms with Crippen LogP contribution in [0.5, 0.6) is 0 Å².